The van der Waals surface area contributed by atoms with Crippen LogP contribution < -0.4 is 5.32 Å². The van der Waals surface area contributed by atoms with Crippen molar-refractivity contribution in [2.24, 2.45) is 0 Å². The zero-order valence-corrected chi connectivity index (χ0v) is 15.6. The summed E-state index contributed by atoms with van der Waals surface area (Å²) in [6.45, 7) is 0.501. The number of carbonyl (C=O) groups is 2. The molecule has 4 rings (SSSR count). The van der Waals surface area contributed by atoms with Crippen LogP contribution >= 0.6 is 23.4 Å². The van der Waals surface area contributed by atoms with E-state index >= 15 is 0 Å². The number of nitrogens with zero attached hydrogens (tertiary/aromatic N) is 2. The molecule has 3 aromatic rings. The molecule has 7 heteroatoms. The normalized spacial score (nSPS) is 15.4. The lowest BCUT2D eigenvalue weighted by molar-refractivity contribution is -0.115. The summed E-state index contributed by atoms with van der Waals surface area (Å²) in [5, 5.41) is 7.27. The third kappa shape index (κ3) is 3.82. The summed E-state index contributed by atoms with van der Waals surface area (Å²) in [6.07, 6.45) is 3.55. The predicted molar refractivity (Wildman–Crippen MR) is 107 cm³/mol. The molecule has 0 saturated carbocycles. The van der Waals surface area contributed by atoms with Crippen LogP contribution in [0.2, 0.25) is 5.02 Å². The smallest absolute Gasteiger partial charge is 0.282 e. The van der Waals surface area contributed by atoms with Gasteiger partial charge < -0.3 is 0 Å². The molecule has 0 unspecified atom stereocenters. The molecule has 2 amide bonds. The van der Waals surface area contributed by atoms with Crippen molar-refractivity contribution in [1.29, 1.82) is 0 Å². The summed E-state index contributed by atoms with van der Waals surface area (Å²) in [4.78, 5) is 23.7. The summed E-state index contributed by atoms with van der Waals surface area (Å²) in [6, 6.07) is 17.3. The van der Waals surface area contributed by atoms with Crippen LogP contribution in [0.3, 0.4) is 0 Å². The van der Waals surface area contributed by atoms with Gasteiger partial charge in [-0.05, 0) is 29.5 Å². The highest BCUT2D eigenvalue weighted by Crippen LogP contribution is 2.30. The van der Waals surface area contributed by atoms with E-state index < -0.39 is 0 Å². The number of halogens is 1. The Morgan fingerprint density at radius 2 is 1.81 bits per heavy atom. The zero-order chi connectivity index (χ0) is 18.8. The SMILES string of the molecule is O=C1NC(=O)/C(=C/c2cn(Cc3ccccc3Cl)nc2-c2ccccc2)S1. The van der Waals surface area contributed by atoms with Gasteiger partial charge in [-0.15, -0.1) is 0 Å². The van der Waals surface area contributed by atoms with Crippen molar-refractivity contribution in [2.75, 3.05) is 0 Å². The lowest BCUT2D eigenvalue weighted by Crippen LogP contribution is -2.17. The van der Waals surface area contributed by atoms with E-state index in [1.165, 1.54) is 0 Å². The number of carbonyl (C=O) groups excluding carboxylic acids is 2. The van der Waals surface area contributed by atoms with Gasteiger partial charge in [0.1, 0.15) is 0 Å². The maximum atomic E-state index is 11.9. The molecule has 1 aromatic heterocycles. The molecule has 0 radical (unpaired) electrons. The number of rotatable bonds is 4. The van der Waals surface area contributed by atoms with Crippen LogP contribution in [0.1, 0.15) is 11.1 Å². The standard InChI is InChI=1S/C20H14ClN3O2S/c21-16-9-5-4-8-14(16)11-24-12-15(10-17-19(25)22-20(26)27-17)18(23-24)13-6-2-1-3-7-13/h1-10,12H,11H2,(H,22,25,26)/b17-10-. The molecular formula is C20H14ClN3O2S. The van der Waals surface area contributed by atoms with Crippen molar-refractivity contribution in [1.82, 2.24) is 15.1 Å². The average Bonchev–Trinajstić information content (AvgIpc) is 3.20. The summed E-state index contributed by atoms with van der Waals surface area (Å²) in [5.74, 6) is -0.386. The van der Waals surface area contributed by atoms with Crippen LogP contribution in [-0.4, -0.2) is 20.9 Å². The monoisotopic (exact) mass is 395 g/mol. The lowest BCUT2D eigenvalue weighted by atomic mass is 10.1. The van der Waals surface area contributed by atoms with Crippen LogP contribution in [0.5, 0.6) is 0 Å². The Kier molecular flexibility index (Phi) is 4.83. The third-order valence-corrected chi connectivity index (χ3v) is 5.24. The Bertz CT molecular complexity index is 1060. The Balaban J connectivity index is 1.76. The second kappa shape index (κ2) is 7.42. The molecular weight excluding hydrogens is 382 g/mol. The predicted octanol–water partition coefficient (Wildman–Crippen LogP) is 4.58. The van der Waals surface area contributed by atoms with Crippen LogP contribution in [0.25, 0.3) is 17.3 Å². The summed E-state index contributed by atoms with van der Waals surface area (Å²) in [5.41, 5.74) is 3.38. The minimum Gasteiger partial charge on any atom is -0.282 e. The molecule has 1 N–H and O–H groups in total. The van der Waals surface area contributed by atoms with Gasteiger partial charge in [0.2, 0.25) is 0 Å². The first-order chi connectivity index (χ1) is 13.1. The minimum atomic E-state index is -0.386. The van der Waals surface area contributed by atoms with Gasteiger partial charge in [-0.25, -0.2) is 0 Å². The zero-order valence-electron chi connectivity index (χ0n) is 14.1. The molecule has 27 heavy (non-hydrogen) atoms. The van der Waals surface area contributed by atoms with E-state index in [1.807, 2.05) is 60.8 Å². The number of nitrogens with one attached hydrogen (secondary N) is 1. The summed E-state index contributed by atoms with van der Waals surface area (Å²) in [7, 11) is 0. The molecule has 1 aliphatic heterocycles. The second-order valence-corrected chi connectivity index (χ2v) is 7.36. The Morgan fingerprint density at radius 3 is 2.52 bits per heavy atom. The van der Waals surface area contributed by atoms with E-state index in [4.69, 9.17) is 16.7 Å². The van der Waals surface area contributed by atoms with E-state index in [1.54, 1.807) is 10.8 Å². The van der Waals surface area contributed by atoms with E-state index in [2.05, 4.69) is 5.32 Å². The molecule has 134 valence electrons. The van der Waals surface area contributed by atoms with E-state index in [9.17, 15) is 9.59 Å². The third-order valence-electron chi connectivity index (χ3n) is 4.06. The first-order valence-corrected chi connectivity index (χ1v) is 9.41. The molecule has 1 fully saturated rings. The van der Waals surface area contributed by atoms with Crippen molar-refractivity contribution in [3.05, 3.63) is 81.8 Å². The van der Waals surface area contributed by atoms with Crippen LogP contribution in [0.15, 0.2) is 65.7 Å². The largest absolute Gasteiger partial charge is 0.290 e. The van der Waals surface area contributed by atoms with Crippen LogP contribution in [0.4, 0.5) is 4.79 Å². The number of thioether (sulfide) groups is 1. The van der Waals surface area contributed by atoms with Crippen molar-refractivity contribution >= 4 is 40.6 Å². The average molecular weight is 396 g/mol. The van der Waals surface area contributed by atoms with E-state index in [0.717, 1.165) is 34.1 Å². The molecule has 0 bridgehead atoms. The highest BCUT2D eigenvalue weighted by Gasteiger charge is 2.26. The first-order valence-electron chi connectivity index (χ1n) is 8.21. The van der Waals surface area contributed by atoms with Gasteiger partial charge in [-0.2, -0.15) is 5.10 Å². The molecule has 0 aliphatic carbocycles. The van der Waals surface area contributed by atoms with E-state index in [-0.39, 0.29) is 11.1 Å². The number of hydrogen-bond donors (Lipinski definition) is 1. The van der Waals surface area contributed by atoms with Crippen molar-refractivity contribution in [3.63, 3.8) is 0 Å². The van der Waals surface area contributed by atoms with Crippen LogP contribution in [-0.2, 0) is 11.3 Å². The second-order valence-electron chi connectivity index (χ2n) is 5.94. The quantitative estimate of drug-likeness (QED) is 0.657. The molecule has 1 aliphatic rings. The fraction of sp³-hybridized carbons (Fsp3) is 0.0500. The lowest BCUT2D eigenvalue weighted by Gasteiger charge is -2.04. The van der Waals surface area contributed by atoms with Crippen LogP contribution in [0, 0.1) is 0 Å². The fourth-order valence-electron chi connectivity index (χ4n) is 2.81. The molecule has 0 atom stereocenters. The molecule has 2 heterocycles. The van der Waals surface area contributed by atoms with Gasteiger partial charge >= 0.3 is 0 Å². The first kappa shape index (κ1) is 17.6. The van der Waals surface area contributed by atoms with Gasteiger partial charge in [0.05, 0.1) is 17.1 Å². The van der Waals surface area contributed by atoms with Crippen molar-refractivity contribution in [2.45, 2.75) is 6.54 Å². The Hall–Kier alpha value is -2.83. The summed E-state index contributed by atoms with van der Waals surface area (Å²) >= 11 is 7.16. The Morgan fingerprint density at radius 1 is 1.07 bits per heavy atom. The topological polar surface area (TPSA) is 64.0 Å². The number of hydrogen-bond acceptors (Lipinski definition) is 4. The van der Waals surface area contributed by atoms with Gasteiger partial charge in [-0.3, -0.25) is 19.6 Å². The minimum absolute atomic E-state index is 0.356. The van der Waals surface area contributed by atoms with Crippen molar-refractivity contribution in [3.8, 4) is 11.3 Å². The number of benzene rings is 2. The van der Waals surface area contributed by atoms with Gasteiger partial charge in [0.15, 0.2) is 0 Å². The number of imide groups is 1. The molecule has 1 saturated heterocycles. The van der Waals surface area contributed by atoms with Gasteiger partial charge in [0.25, 0.3) is 11.1 Å². The van der Waals surface area contributed by atoms with Gasteiger partial charge in [-0.1, -0.05) is 60.1 Å². The number of aromatic nitrogens is 2. The Labute approximate surface area is 165 Å². The number of amides is 2. The van der Waals surface area contributed by atoms with Crippen molar-refractivity contribution < 1.29 is 9.59 Å². The highest BCUT2D eigenvalue weighted by molar-refractivity contribution is 8.18. The molecule has 0 spiro atoms. The highest BCUT2D eigenvalue weighted by atomic mass is 35.5. The van der Waals surface area contributed by atoms with E-state index in [0.29, 0.717) is 16.5 Å². The molecule has 5 nitrogen and oxygen atoms in total. The molecule has 2 aromatic carbocycles. The summed E-state index contributed by atoms with van der Waals surface area (Å²) < 4.78 is 1.79. The maximum absolute atomic E-state index is 11.9. The van der Waals surface area contributed by atoms with Gasteiger partial charge in [0, 0.05) is 22.3 Å². The maximum Gasteiger partial charge on any atom is 0.290 e. The fourth-order valence-corrected chi connectivity index (χ4v) is 3.68.